The molecule has 0 saturated heterocycles. The quantitative estimate of drug-likeness (QED) is 0.363. The molecule has 170 valence electrons. The fourth-order valence-electron chi connectivity index (χ4n) is 3.73. The van der Waals surface area contributed by atoms with E-state index in [1.54, 1.807) is 6.26 Å². The molecule has 0 unspecified atom stereocenters. The molecule has 0 aliphatic heterocycles. The predicted molar refractivity (Wildman–Crippen MR) is 132 cm³/mol. The van der Waals surface area contributed by atoms with Crippen LogP contribution in [0.3, 0.4) is 0 Å². The van der Waals surface area contributed by atoms with E-state index in [1.807, 2.05) is 61.5 Å². The molecule has 33 heavy (non-hydrogen) atoms. The van der Waals surface area contributed by atoms with Gasteiger partial charge in [0.15, 0.2) is 11.6 Å². The summed E-state index contributed by atoms with van der Waals surface area (Å²) in [7, 11) is 0. The number of amides is 1. The van der Waals surface area contributed by atoms with Crippen LogP contribution in [-0.4, -0.2) is 35.0 Å². The summed E-state index contributed by atoms with van der Waals surface area (Å²) in [5.74, 6) is 2.04. The monoisotopic (exact) mass is 442 g/mol. The van der Waals surface area contributed by atoms with Crippen molar-refractivity contribution in [3.8, 4) is 11.6 Å². The van der Waals surface area contributed by atoms with Crippen molar-refractivity contribution in [3.63, 3.8) is 0 Å². The van der Waals surface area contributed by atoms with E-state index in [4.69, 9.17) is 14.4 Å². The number of rotatable bonds is 10. The normalized spacial score (nSPS) is 11.9. The first kappa shape index (κ1) is 22.5. The lowest BCUT2D eigenvalue weighted by Crippen LogP contribution is -2.36. The zero-order chi connectivity index (χ0) is 23.0. The molecule has 1 amide bonds. The number of carbonyl (C=O) groups is 1. The third kappa shape index (κ3) is 5.77. The Bertz CT molecular complexity index is 1180. The van der Waals surface area contributed by atoms with Gasteiger partial charge in [0.25, 0.3) is 0 Å². The number of nitrogens with one attached hydrogen (secondary N) is 1. The lowest BCUT2D eigenvalue weighted by atomic mass is 10.1. The maximum absolute atomic E-state index is 12.6. The SMILES string of the molecule is CC[C@H](C)NC(=O)CCN(CCc1ccccc1)c1nc(-c2ccco2)nc2ccccc12. The van der Waals surface area contributed by atoms with Crippen LogP contribution in [0, 0.1) is 0 Å². The first-order valence-electron chi connectivity index (χ1n) is 11.5. The minimum absolute atomic E-state index is 0.0543. The van der Waals surface area contributed by atoms with Crippen LogP contribution in [-0.2, 0) is 11.2 Å². The molecular weight excluding hydrogens is 412 g/mol. The van der Waals surface area contributed by atoms with Gasteiger partial charge in [-0.15, -0.1) is 0 Å². The van der Waals surface area contributed by atoms with E-state index in [9.17, 15) is 4.79 Å². The van der Waals surface area contributed by atoms with Gasteiger partial charge in [0.1, 0.15) is 5.82 Å². The third-order valence-corrected chi connectivity index (χ3v) is 5.77. The van der Waals surface area contributed by atoms with Crippen molar-refractivity contribution in [2.45, 2.75) is 39.2 Å². The molecule has 6 nitrogen and oxygen atoms in total. The van der Waals surface area contributed by atoms with Crippen molar-refractivity contribution in [1.29, 1.82) is 0 Å². The summed E-state index contributed by atoms with van der Waals surface area (Å²) in [6.07, 6.45) is 3.78. The Kier molecular flexibility index (Phi) is 7.35. The molecule has 1 atom stereocenters. The Hall–Kier alpha value is -3.67. The molecule has 0 spiro atoms. The highest BCUT2D eigenvalue weighted by Crippen LogP contribution is 2.28. The number of para-hydroxylation sites is 1. The van der Waals surface area contributed by atoms with E-state index in [0.717, 1.165) is 36.1 Å². The van der Waals surface area contributed by atoms with Crippen LogP contribution in [0.15, 0.2) is 77.4 Å². The molecule has 0 fully saturated rings. The van der Waals surface area contributed by atoms with Crippen LogP contribution in [0.25, 0.3) is 22.5 Å². The number of hydrogen-bond acceptors (Lipinski definition) is 5. The van der Waals surface area contributed by atoms with E-state index >= 15 is 0 Å². The minimum Gasteiger partial charge on any atom is -0.461 e. The van der Waals surface area contributed by atoms with E-state index < -0.39 is 0 Å². The summed E-state index contributed by atoms with van der Waals surface area (Å²) >= 11 is 0. The fourth-order valence-corrected chi connectivity index (χ4v) is 3.73. The van der Waals surface area contributed by atoms with E-state index in [0.29, 0.717) is 24.6 Å². The number of carbonyl (C=O) groups excluding carboxylic acids is 1. The number of furan rings is 1. The van der Waals surface area contributed by atoms with Crippen molar-refractivity contribution >= 4 is 22.6 Å². The lowest BCUT2D eigenvalue weighted by molar-refractivity contribution is -0.121. The summed E-state index contributed by atoms with van der Waals surface area (Å²) in [6, 6.07) is 22.2. The van der Waals surface area contributed by atoms with Gasteiger partial charge in [-0.1, -0.05) is 49.4 Å². The molecule has 0 bridgehead atoms. The van der Waals surface area contributed by atoms with Gasteiger partial charge in [-0.2, -0.15) is 0 Å². The maximum atomic E-state index is 12.6. The molecule has 0 radical (unpaired) electrons. The Morgan fingerprint density at radius 2 is 1.79 bits per heavy atom. The molecule has 2 aromatic carbocycles. The molecule has 0 saturated carbocycles. The van der Waals surface area contributed by atoms with Crippen molar-refractivity contribution in [2.24, 2.45) is 0 Å². The number of nitrogens with zero attached hydrogens (tertiary/aromatic N) is 3. The second kappa shape index (κ2) is 10.8. The Morgan fingerprint density at radius 3 is 2.55 bits per heavy atom. The Labute approximate surface area is 194 Å². The fraction of sp³-hybridized carbons (Fsp3) is 0.296. The van der Waals surface area contributed by atoms with Crippen molar-refractivity contribution in [3.05, 3.63) is 78.6 Å². The van der Waals surface area contributed by atoms with Gasteiger partial charge in [-0.05, 0) is 49.6 Å². The number of anilines is 1. The average molecular weight is 443 g/mol. The topological polar surface area (TPSA) is 71.3 Å². The number of benzene rings is 2. The molecule has 4 aromatic rings. The van der Waals surface area contributed by atoms with Crippen LogP contribution in [0.2, 0.25) is 0 Å². The first-order valence-corrected chi connectivity index (χ1v) is 11.5. The van der Waals surface area contributed by atoms with Crippen LogP contribution < -0.4 is 10.2 Å². The summed E-state index contributed by atoms with van der Waals surface area (Å²) in [6.45, 7) is 5.39. The maximum Gasteiger partial charge on any atom is 0.221 e. The smallest absolute Gasteiger partial charge is 0.221 e. The summed E-state index contributed by atoms with van der Waals surface area (Å²) in [5.41, 5.74) is 2.10. The largest absolute Gasteiger partial charge is 0.461 e. The van der Waals surface area contributed by atoms with E-state index in [-0.39, 0.29) is 11.9 Å². The van der Waals surface area contributed by atoms with E-state index in [1.165, 1.54) is 5.56 Å². The Balaban J connectivity index is 1.66. The van der Waals surface area contributed by atoms with Gasteiger partial charge in [0.05, 0.1) is 11.8 Å². The zero-order valence-electron chi connectivity index (χ0n) is 19.2. The van der Waals surface area contributed by atoms with E-state index in [2.05, 4.69) is 29.3 Å². The summed E-state index contributed by atoms with van der Waals surface area (Å²) in [5, 5.41) is 4.03. The number of hydrogen-bond donors (Lipinski definition) is 1. The molecule has 6 heteroatoms. The highest BCUT2D eigenvalue weighted by Gasteiger charge is 2.18. The van der Waals surface area contributed by atoms with Crippen molar-refractivity contribution in [2.75, 3.05) is 18.0 Å². The third-order valence-electron chi connectivity index (χ3n) is 5.77. The predicted octanol–water partition coefficient (Wildman–Crippen LogP) is 5.24. The minimum atomic E-state index is 0.0543. The second-order valence-corrected chi connectivity index (χ2v) is 8.21. The molecule has 1 N–H and O–H groups in total. The van der Waals surface area contributed by atoms with Gasteiger partial charge in [-0.25, -0.2) is 9.97 Å². The van der Waals surface area contributed by atoms with Crippen LogP contribution in [0.1, 0.15) is 32.3 Å². The van der Waals surface area contributed by atoms with Crippen LogP contribution in [0.5, 0.6) is 0 Å². The highest BCUT2D eigenvalue weighted by molar-refractivity contribution is 5.91. The zero-order valence-corrected chi connectivity index (χ0v) is 19.2. The molecular formula is C27H30N4O2. The molecule has 2 heterocycles. The van der Waals surface area contributed by atoms with Gasteiger partial charge < -0.3 is 14.6 Å². The molecule has 2 aromatic heterocycles. The first-order chi connectivity index (χ1) is 16.1. The van der Waals surface area contributed by atoms with Crippen LogP contribution in [0.4, 0.5) is 5.82 Å². The number of fused-ring (bicyclic) bond motifs is 1. The Morgan fingerprint density at radius 1 is 1.00 bits per heavy atom. The van der Waals surface area contributed by atoms with Crippen molar-refractivity contribution < 1.29 is 9.21 Å². The lowest BCUT2D eigenvalue weighted by Gasteiger charge is -2.25. The highest BCUT2D eigenvalue weighted by atomic mass is 16.3. The van der Waals surface area contributed by atoms with Gasteiger partial charge in [-0.3, -0.25) is 4.79 Å². The summed E-state index contributed by atoms with van der Waals surface area (Å²) in [4.78, 5) is 24.4. The van der Waals surface area contributed by atoms with Crippen molar-refractivity contribution in [1.82, 2.24) is 15.3 Å². The van der Waals surface area contributed by atoms with Gasteiger partial charge in [0, 0.05) is 30.9 Å². The summed E-state index contributed by atoms with van der Waals surface area (Å²) < 4.78 is 5.58. The molecule has 0 aliphatic carbocycles. The standard InChI is InChI=1S/C27H30N4O2/c1-3-20(2)28-25(32)16-18-31(17-15-21-10-5-4-6-11-21)27-22-12-7-8-13-23(22)29-26(30-27)24-14-9-19-33-24/h4-14,19-20H,3,15-18H2,1-2H3,(H,28,32)/t20-/m0/s1. The number of aromatic nitrogens is 2. The van der Waals surface area contributed by atoms with Crippen LogP contribution >= 0.6 is 0 Å². The molecule has 4 rings (SSSR count). The molecule has 0 aliphatic rings. The second-order valence-electron chi connectivity index (χ2n) is 8.21. The van der Waals surface area contributed by atoms with Gasteiger partial charge >= 0.3 is 0 Å². The van der Waals surface area contributed by atoms with Gasteiger partial charge in [0.2, 0.25) is 5.91 Å². The average Bonchev–Trinajstić information content (AvgIpc) is 3.39.